The maximum absolute atomic E-state index is 9.34. The summed E-state index contributed by atoms with van der Waals surface area (Å²) in [6.07, 6.45) is 1.31. The third-order valence-corrected chi connectivity index (χ3v) is 2.44. The highest BCUT2D eigenvalue weighted by Gasteiger charge is 1.94. The zero-order valence-corrected chi connectivity index (χ0v) is 10.1. The quantitative estimate of drug-likeness (QED) is 0.754. The first-order valence-corrected chi connectivity index (χ1v) is 5.65. The maximum atomic E-state index is 9.34. The van der Waals surface area contributed by atoms with Crippen LogP contribution in [0.4, 0.5) is 0 Å². The van der Waals surface area contributed by atoms with Gasteiger partial charge in [0.05, 0.1) is 0 Å². The molecule has 16 heavy (non-hydrogen) atoms. The molecular weight excluding hydrogens is 196 g/mol. The van der Waals surface area contributed by atoms with Gasteiger partial charge in [-0.05, 0) is 30.2 Å². The van der Waals surface area contributed by atoms with E-state index in [1.807, 2.05) is 12.1 Å². The number of rotatable bonds is 1. The third-order valence-electron chi connectivity index (χ3n) is 2.44. The Balaban J connectivity index is 0.000000221. The number of phenolic OH excluding ortho intramolecular Hbond substituents is 1. The van der Waals surface area contributed by atoms with Crippen LogP contribution in [0.25, 0.3) is 10.8 Å². The zero-order chi connectivity index (χ0) is 12.0. The molecule has 0 radical (unpaired) electrons. The molecule has 2 aromatic carbocycles. The largest absolute Gasteiger partial charge is 0.507 e. The Morgan fingerprint density at radius 3 is 2.50 bits per heavy atom. The molecule has 1 nitrogen and oxygen atoms in total. The second-order valence-corrected chi connectivity index (χ2v) is 4.14. The molecule has 0 amide bonds. The van der Waals surface area contributed by atoms with Crippen molar-refractivity contribution in [3.8, 4) is 5.75 Å². The molecule has 0 heterocycles. The molecule has 0 spiro atoms. The predicted octanol–water partition coefficient (Wildman–Crippen LogP) is 4.20. The monoisotopic (exact) mass is 214 g/mol. The molecule has 2 rings (SSSR count). The van der Waals surface area contributed by atoms with Crippen molar-refractivity contribution >= 4 is 10.8 Å². The minimum absolute atomic E-state index is 0.299. The molecule has 0 aromatic heterocycles. The van der Waals surface area contributed by atoms with Gasteiger partial charge in [0.2, 0.25) is 0 Å². The van der Waals surface area contributed by atoms with Gasteiger partial charge >= 0.3 is 0 Å². The van der Waals surface area contributed by atoms with Gasteiger partial charge in [0.25, 0.3) is 0 Å². The summed E-state index contributed by atoms with van der Waals surface area (Å²) in [6, 6.07) is 14.6. The van der Waals surface area contributed by atoms with Crippen molar-refractivity contribution in [1.29, 1.82) is 0 Å². The fraction of sp³-hybridized carbons (Fsp3) is 0.333. The van der Waals surface area contributed by atoms with Crippen LogP contribution in [0, 0.1) is 18.1 Å². The lowest BCUT2D eigenvalue weighted by Gasteiger charge is -1.94. The fourth-order valence-corrected chi connectivity index (χ4v) is 1.08. The lowest BCUT2D eigenvalue weighted by Crippen LogP contribution is -1.77. The topological polar surface area (TPSA) is 20.2 Å². The highest BCUT2D eigenvalue weighted by molar-refractivity contribution is 5.86. The van der Waals surface area contributed by atoms with E-state index < -0.39 is 0 Å². The van der Waals surface area contributed by atoms with Crippen LogP contribution >= 0.6 is 0 Å². The van der Waals surface area contributed by atoms with E-state index in [0.29, 0.717) is 5.75 Å². The van der Waals surface area contributed by atoms with Gasteiger partial charge in [-0.3, -0.25) is 0 Å². The number of hydrogen-bond donors (Lipinski definition) is 1. The number of phenols is 1. The summed E-state index contributed by atoms with van der Waals surface area (Å²) < 4.78 is 0. The molecule has 0 aliphatic rings. The molecule has 1 heteroatoms. The molecule has 0 saturated heterocycles. The molecule has 0 unspecified atom stereocenters. The average molecular weight is 214 g/mol. The summed E-state index contributed by atoms with van der Waals surface area (Å²) in [5.41, 5.74) is 0. The molecule has 0 aliphatic heterocycles. The van der Waals surface area contributed by atoms with Gasteiger partial charge in [-0.15, -0.1) is 0 Å². The van der Waals surface area contributed by atoms with Crippen LogP contribution in [0.3, 0.4) is 0 Å². The van der Waals surface area contributed by atoms with Gasteiger partial charge < -0.3 is 5.11 Å². The summed E-state index contributed by atoms with van der Waals surface area (Å²) in [4.78, 5) is 0. The normalized spacial score (nSPS) is 9.50. The van der Waals surface area contributed by atoms with Crippen molar-refractivity contribution in [2.45, 2.75) is 27.2 Å². The van der Waals surface area contributed by atoms with Crippen LogP contribution in [0.15, 0.2) is 30.3 Å². The molecule has 2 aromatic rings. The van der Waals surface area contributed by atoms with Crippen LogP contribution in [0.1, 0.15) is 27.2 Å². The van der Waals surface area contributed by atoms with Crippen LogP contribution in [0.2, 0.25) is 0 Å². The summed E-state index contributed by atoms with van der Waals surface area (Å²) in [5, 5.41) is 11.1. The Morgan fingerprint density at radius 2 is 1.94 bits per heavy atom. The standard InChI is InChI=1S/C10H6O.C5H12/c11-10-7-3-5-8-4-1-2-6-9(8)10;1-4-5(2)3/h2-3,5-7,11H;5H,4H2,1-3H3. The van der Waals surface area contributed by atoms with Crippen molar-refractivity contribution in [2.75, 3.05) is 0 Å². The van der Waals surface area contributed by atoms with E-state index >= 15 is 0 Å². The molecule has 0 atom stereocenters. The lowest BCUT2D eigenvalue weighted by molar-refractivity contribution is 0.481. The summed E-state index contributed by atoms with van der Waals surface area (Å²) in [6.45, 7) is 6.64. The first-order valence-electron chi connectivity index (χ1n) is 5.65. The highest BCUT2D eigenvalue weighted by Crippen LogP contribution is 2.21. The Labute approximate surface area is 97.7 Å². The Bertz CT molecular complexity index is 427. The molecule has 0 fully saturated rings. The third kappa shape index (κ3) is 3.47. The lowest BCUT2D eigenvalue weighted by atomic mass is 10.1. The summed E-state index contributed by atoms with van der Waals surface area (Å²) in [7, 11) is 0. The van der Waals surface area contributed by atoms with Crippen LogP contribution < -0.4 is 0 Å². The SMILES string of the molecule is CCC(C)C.Oc1cccc2c#cccc12. The molecule has 0 aliphatic carbocycles. The second-order valence-electron chi connectivity index (χ2n) is 4.14. The number of benzene rings is 1. The van der Waals surface area contributed by atoms with Gasteiger partial charge in [0, 0.05) is 10.8 Å². The number of aromatic hydroxyl groups is 1. The predicted molar refractivity (Wildman–Crippen MR) is 68.4 cm³/mol. The van der Waals surface area contributed by atoms with Gasteiger partial charge in [-0.2, -0.15) is 0 Å². The smallest absolute Gasteiger partial charge is 0.124 e. The van der Waals surface area contributed by atoms with Crippen LogP contribution in [-0.4, -0.2) is 5.11 Å². The average Bonchev–Trinajstić information content (AvgIpc) is 2.30. The van der Waals surface area contributed by atoms with E-state index in [9.17, 15) is 5.11 Å². The molecule has 0 saturated carbocycles. The Kier molecular flexibility index (Phi) is 4.66. The Morgan fingerprint density at radius 1 is 1.25 bits per heavy atom. The van der Waals surface area contributed by atoms with Crippen molar-refractivity contribution < 1.29 is 5.11 Å². The summed E-state index contributed by atoms with van der Waals surface area (Å²) in [5.74, 6) is 1.18. The minimum atomic E-state index is 0.299. The van der Waals surface area contributed by atoms with Crippen molar-refractivity contribution in [3.05, 3.63) is 42.5 Å². The zero-order valence-electron chi connectivity index (χ0n) is 10.1. The molecule has 0 bridgehead atoms. The van der Waals surface area contributed by atoms with Crippen LogP contribution in [-0.2, 0) is 0 Å². The van der Waals surface area contributed by atoms with E-state index in [1.165, 1.54) is 6.42 Å². The van der Waals surface area contributed by atoms with E-state index in [2.05, 4.69) is 32.9 Å². The van der Waals surface area contributed by atoms with E-state index in [1.54, 1.807) is 18.2 Å². The highest BCUT2D eigenvalue weighted by atomic mass is 16.3. The molecular formula is C15H18O. The summed E-state index contributed by atoms with van der Waals surface area (Å²) >= 11 is 0. The van der Waals surface area contributed by atoms with Crippen molar-refractivity contribution in [3.63, 3.8) is 0 Å². The van der Waals surface area contributed by atoms with Crippen molar-refractivity contribution in [2.24, 2.45) is 5.92 Å². The first-order chi connectivity index (χ1) is 7.65. The van der Waals surface area contributed by atoms with Crippen molar-refractivity contribution in [1.82, 2.24) is 0 Å². The van der Waals surface area contributed by atoms with Gasteiger partial charge in [-0.1, -0.05) is 45.4 Å². The maximum Gasteiger partial charge on any atom is 0.124 e. The second kappa shape index (κ2) is 6.02. The van der Waals surface area contributed by atoms with E-state index in [-0.39, 0.29) is 0 Å². The fourth-order valence-electron chi connectivity index (χ4n) is 1.08. The first kappa shape index (κ1) is 12.4. The molecule has 1 N–H and O–H groups in total. The van der Waals surface area contributed by atoms with Gasteiger partial charge in [0.15, 0.2) is 0 Å². The number of hydrogen-bond acceptors (Lipinski definition) is 1. The van der Waals surface area contributed by atoms with Gasteiger partial charge in [0.1, 0.15) is 5.75 Å². The van der Waals surface area contributed by atoms with Crippen LogP contribution in [0.5, 0.6) is 5.75 Å². The minimum Gasteiger partial charge on any atom is -0.507 e. The Hall–Kier alpha value is -1.68. The van der Waals surface area contributed by atoms with E-state index in [4.69, 9.17) is 0 Å². The van der Waals surface area contributed by atoms with E-state index in [0.717, 1.165) is 16.7 Å². The molecule has 84 valence electrons. The number of fused-ring (bicyclic) bond motifs is 1. The van der Waals surface area contributed by atoms with Gasteiger partial charge in [-0.25, -0.2) is 0 Å².